The van der Waals surface area contributed by atoms with E-state index in [4.69, 9.17) is 4.74 Å². The molecule has 0 unspecified atom stereocenters. The molecule has 0 saturated carbocycles. The van der Waals surface area contributed by atoms with Crippen molar-refractivity contribution in [3.05, 3.63) is 35.6 Å². The van der Waals surface area contributed by atoms with E-state index >= 15 is 0 Å². The summed E-state index contributed by atoms with van der Waals surface area (Å²) in [5.74, 6) is -0.00625. The first-order valence-electron chi connectivity index (χ1n) is 8.94. The number of likely N-dealkylation sites (tertiary alicyclic amines) is 1. The average molecular weight is 334 g/mol. The Labute approximate surface area is 143 Å². The molecule has 132 valence electrons. The summed E-state index contributed by atoms with van der Waals surface area (Å²) < 4.78 is 19.6. The third-order valence-electron chi connectivity index (χ3n) is 5.02. The first-order chi connectivity index (χ1) is 11.5. The van der Waals surface area contributed by atoms with Gasteiger partial charge in [-0.15, -0.1) is 0 Å². The Bertz CT molecular complexity index is 562. The lowest BCUT2D eigenvalue weighted by atomic mass is 9.95. The highest BCUT2D eigenvalue weighted by atomic mass is 19.1. The number of carbonyl (C=O) groups is 1. The predicted molar refractivity (Wildman–Crippen MR) is 91.5 cm³/mol. The number of nitrogens with zero attached hydrogens (tertiary/aromatic N) is 2. The largest absolute Gasteiger partial charge is 0.373 e. The molecule has 0 aliphatic carbocycles. The van der Waals surface area contributed by atoms with Crippen LogP contribution in [0.15, 0.2) is 24.3 Å². The fourth-order valence-electron chi connectivity index (χ4n) is 3.92. The van der Waals surface area contributed by atoms with Gasteiger partial charge in [0.05, 0.1) is 17.8 Å². The smallest absolute Gasteiger partial charge is 0.256 e. The zero-order chi connectivity index (χ0) is 17.1. The lowest BCUT2D eigenvalue weighted by molar-refractivity contribution is -0.0728. The predicted octanol–water partition coefficient (Wildman–Crippen LogP) is 2.79. The number of morpholine rings is 1. The van der Waals surface area contributed by atoms with Gasteiger partial charge in [-0.2, -0.15) is 0 Å². The third kappa shape index (κ3) is 4.14. The number of carbonyl (C=O) groups excluding carboxylic acids is 1. The molecule has 2 saturated heterocycles. The van der Waals surface area contributed by atoms with Crippen LogP contribution in [0, 0.1) is 11.7 Å². The number of hydrogen-bond donors (Lipinski definition) is 0. The van der Waals surface area contributed by atoms with Crippen LogP contribution in [0.25, 0.3) is 0 Å². The number of hydrogen-bond acceptors (Lipinski definition) is 3. The first kappa shape index (κ1) is 17.4. The molecule has 2 heterocycles. The molecular weight excluding hydrogens is 307 g/mol. The summed E-state index contributed by atoms with van der Waals surface area (Å²) >= 11 is 0. The van der Waals surface area contributed by atoms with Gasteiger partial charge in [-0.1, -0.05) is 12.1 Å². The van der Waals surface area contributed by atoms with Crippen molar-refractivity contribution in [2.24, 2.45) is 5.92 Å². The maximum Gasteiger partial charge on any atom is 0.256 e. The molecule has 3 rings (SSSR count). The Balaban J connectivity index is 1.51. The van der Waals surface area contributed by atoms with Crippen molar-refractivity contribution in [3.63, 3.8) is 0 Å². The summed E-state index contributed by atoms with van der Waals surface area (Å²) in [4.78, 5) is 16.7. The Morgan fingerprint density at radius 3 is 2.42 bits per heavy atom. The first-order valence-corrected chi connectivity index (χ1v) is 8.94. The molecular formula is C19H27FN2O2. The average Bonchev–Trinajstić information content (AvgIpc) is 2.54. The molecule has 2 fully saturated rings. The highest BCUT2D eigenvalue weighted by molar-refractivity contribution is 5.94. The molecule has 0 aromatic heterocycles. The van der Waals surface area contributed by atoms with E-state index in [9.17, 15) is 9.18 Å². The summed E-state index contributed by atoms with van der Waals surface area (Å²) in [7, 11) is 0. The van der Waals surface area contributed by atoms with Gasteiger partial charge in [-0.3, -0.25) is 9.69 Å². The maximum atomic E-state index is 13.8. The molecule has 2 aliphatic rings. The van der Waals surface area contributed by atoms with E-state index in [-0.39, 0.29) is 23.7 Å². The molecule has 1 aromatic rings. The molecule has 24 heavy (non-hydrogen) atoms. The van der Waals surface area contributed by atoms with Crippen LogP contribution in [-0.2, 0) is 4.74 Å². The van der Waals surface area contributed by atoms with E-state index in [1.54, 1.807) is 23.1 Å². The minimum Gasteiger partial charge on any atom is -0.373 e. The summed E-state index contributed by atoms with van der Waals surface area (Å²) in [6.45, 7) is 8.72. The van der Waals surface area contributed by atoms with Gasteiger partial charge in [0.2, 0.25) is 0 Å². The van der Waals surface area contributed by atoms with Crippen LogP contribution in [0.5, 0.6) is 0 Å². The van der Waals surface area contributed by atoms with Gasteiger partial charge in [-0.25, -0.2) is 4.39 Å². The van der Waals surface area contributed by atoms with E-state index in [0.717, 1.165) is 32.5 Å². The van der Waals surface area contributed by atoms with Gasteiger partial charge in [-0.05, 0) is 44.7 Å². The fraction of sp³-hybridized carbons (Fsp3) is 0.632. The topological polar surface area (TPSA) is 32.8 Å². The van der Waals surface area contributed by atoms with Crippen LogP contribution in [0.4, 0.5) is 4.39 Å². The molecule has 1 aromatic carbocycles. The Kier molecular flexibility index (Phi) is 5.51. The van der Waals surface area contributed by atoms with Gasteiger partial charge in [0.15, 0.2) is 0 Å². The maximum absolute atomic E-state index is 13.8. The SMILES string of the molecule is C[C@H]1CN(CC2CCN(C(=O)c3ccccc3F)CC2)C[C@H](C)O1. The van der Waals surface area contributed by atoms with Crippen LogP contribution in [-0.4, -0.2) is 60.6 Å². The Morgan fingerprint density at radius 1 is 1.17 bits per heavy atom. The van der Waals surface area contributed by atoms with Crippen LogP contribution in [0.1, 0.15) is 37.0 Å². The van der Waals surface area contributed by atoms with E-state index < -0.39 is 5.82 Å². The molecule has 1 amide bonds. The summed E-state index contributed by atoms with van der Waals surface area (Å²) in [6, 6.07) is 6.24. The standard InChI is InChI=1S/C19H27FN2O2/c1-14-11-21(12-15(2)24-14)13-16-7-9-22(10-8-16)19(23)17-5-3-4-6-18(17)20/h3-6,14-16H,7-13H2,1-2H3/t14-,15-/m0/s1. The van der Waals surface area contributed by atoms with E-state index in [0.29, 0.717) is 19.0 Å². The lowest BCUT2D eigenvalue weighted by Crippen LogP contribution is -2.48. The molecule has 2 aliphatic heterocycles. The van der Waals surface area contributed by atoms with Crippen molar-refractivity contribution in [2.75, 3.05) is 32.7 Å². The zero-order valence-corrected chi connectivity index (χ0v) is 14.6. The quantitative estimate of drug-likeness (QED) is 0.852. The van der Waals surface area contributed by atoms with Crippen molar-refractivity contribution in [1.29, 1.82) is 0 Å². The third-order valence-corrected chi connectivity index (χ3v) is 5.02. The minimum absolute atomic E-state index is 0.180. The van der Waals surface area contributed by atoms with Crippen molar-refractivity contribution in [2.45, 2.75) is 38.9 Å². The summed E-state index contributed by atoms with van der Waals surface area (Å²) in [5, 5.41) is 0. The van der Waals surface area contributed by atoms with Gasteiger partial charge < -0.3 is 9.64 Å². The number of halogens is 1. The second-order valence-electron chi connectivity index (χ2n) is 7.19. The number of ether oxygens (including phenoxy) is 1. The number of amides is 1. The van der Waals surface area contributed by atoms with Gasteiger partial charge in [0, 0.05) is 32.7 Å². The van der Waals surface area contributed by atoms with Crippen molar-refractivity contribution in [1.82, 2.24) is 9.80 Å². The van der Waals surface area contributed by atoms with Crippen LogP contribution in [0.3, 0.4) is 0 Å². The van der Waals surface area contributed by atoms with Crippen molar-refractivity contribution >= 4 is 5.91 Å². The molecule has 4 nitrogen and oxygen atoms in total. The van der Waals surface area contributed by atoms with Crippen LogP contribution in [0.2, 0.25) is 0 Å². The molecule has 0 bridgehead atoms. The Hall–Kier alpha value is -1.46. The van der Waals surface area contributed by atoms with Crippen LogP contribution >= 0.6 is 0 Å². The number of rotatable bonds is 3. The molecule has 5 heteroatoms. The monoisotopic (exact) mass is 334 g/mol. The van der Waals surface area contributed by atoms with Gasteiger partial charge in [0.1, 0.15) is 5.82 Å². The summed E-state index contributed by atoms with van der Waals surface area (Å²) in [6.07, 6.45) is 2.55. The number of piperidine rings is 1. The zero-order valence-electron chi connectivity index (χ0n) is 14.6. The fourth-order valence-corrected chi connectivity index (χ4v) is 3.92. The highest BCUT2D eigenvalue weighted by Gasteiger charge is 2.28. The van der Waals surface area contributed by atoms with E-state index in [1.165, 1.54) is 6.07 Å². The lowest BCUT2D eigenvalue weighted by Gasteiger charge is -2.39. The van der Waals surface area contributed by atoms with Gasteiger partial charge >= 0.3 is 0 Å². The molecule has 0 N–H and O–H groups in total. The van der Waals surface area contributed by atoms with Crippen molar-refractivity contribution < 1.29 is 13.9 Å². The molecule has 0 spiro atoms. The van der Waals surface area contributed by atoms with Gasteiger partial charge in [0.25, 0.3) is 5.91 Å². The molecule has 2 atom stereocenters. The minimum atomic E-state index is -0.430. The summed E-state index contributed by atoms with van der Waals surface area (Å²) in [5.41, 5.74) is 0.187. The highest BCUT2D eigenvalue weighted by Crippen LogP contribution is 2.22. The molecule has 0 radical (unpaired) electrons. The second-order valence-corrected chi connectivity index (χ2v) is 7.19. The second kappa shape index (κ2) is 7.62. The van der Waals surface area contributed by atoms with E-state index in [2.05, 4.69) is 18.7 Å². The number of benzene rings is 1. The van der Waals surface area contributed by atoms with E-state index in [1.807, 2.05) is 0 Å². The van der Waals surface area contributed by atoms with Crippen molar-refractivity contribution in [3.8, 4) is 0 Å². The Morgan fingerprint density at radius 2 is 1.79 bits per heavy atom. The normalized spacial score (nSPS) is 26.5. The van der Waals surface area contributed by atoms with Crippen LogP contribution < -0.4 is 0 Å².